The second kappa shape index (κ2) is 9.31. The van der Waals surface area contributed by atoms with Crippen molar-refractivity contribution in [2.45, 2.75) is 19.8 Å². The van der Waals surface area contributed by atoms with E-state index in [0.717, 1.165) is 27.8 Å². The highest BCUT2D eigenvalue weighted by Crippen LogP contribution is 2.28. The summed E-state index contributed by atoms with van der Waals surface area (Å²) in [6.45, 7) is 2.18. The number of methoxy groups -OCH3 is 3. The number of benzene rings is 1. The van der Waals surface area contributed by atoms with Crippen LogP contribution < -0.4 is 4.74 Å². The van der Waals surface area contributed by atoms with Crippen molar-refractivity contribution in [3.63, 3.8) is 0 Å². The third-order valence-electron chi connectivity index (χ3n) is 2.54. The summed E-state index contributed by atoms with van der Waals surface area (Å²) in [5.74, 6) is 0.850. The fourth-order valence-electron chi connectivity index (χ4n) is 1.93. The second-order valence-electron chi connectivity index (χ2n) is 4.08. The lowest BCUT2D eigenvalue weighted by Gasteiger charge is -2.17. The van der Waals surface area contributed by atoms with E-state index in [9.17, 15) is 0 Å². The molecule has 1 rings (SSSR count). The zero-order valence-corrected chi connectivity index (χ0v) is 13.3. The van der Waals surface area contributed by atoms with Gasteiger partial charge < -0.3 is 18.9 Å². The summed E-state index contributed by atoms with van der Waals surface area (Å²) in [4.78, 5) is 0. The standard InChI is InChI=1S/C14H21BrO4/c1-16-8-11-6-12(9-17-2)14(19-5-4-15)13(7-11)10-18-3/h6-7H,4-5,8-10H2,1-3H3. The molecule has 0 heterocycles. The van der Waals surface area contributed by atoms with Crippen LogP contribution in [-0.4, -0.2) is 33.3 Å². The van der Waals surface area contributed by atoms with Gasteiger partial charge in [-0.3, -0.25) is 0 Å². The molecule has 0 unspecified atom stereocenters. The van der Waals surface area contributed by atoms with Crippen molar-refractivity contribution in [1.82, 2.24) is 0 Å². The summed E-state index contributed by atoms with van der Waals surface area (Å²) in [7, 11) is 5.03. The maximum Gasteiger partial charge on any atom is 0.130 e. The van der Waals surface area contributed by atoms with E-state index < -0.39 is 0 Å². The van der Waals surface area contributed by atoms with Crippen molar-refractivity contribution in [2.24, 2.45) is 0 Å². The predicted octanol–water partition coefficient (Wildman–Crippen LogP) is 2.90. The highest BCUT2D eigenvalue weighted by atomic mass is 79.9. The molecule has 1 aromatic carbocycles. The van der Waals surface area contributed by atoms with Gasteiger partial charge in [-0.1, -0.05) is 15.9 Å². The molecule has 108 valence electrons. The average molecular weight is 333 g/mol. The first-order valence-electron chi connectivity index (χ1n) is 6.07. The van der Waals surface area contributed by atoms with Crippen LogP contribution in [0.25, 0.3) is 0 Å². The summed E-state index contributed by atoms with van der Waals surface area (Å²) < 4.78 is 21.5. The lowest BCUT2D eigenvalue weighted by Crippen LogP contribution is -2.07. The average Bonchev–Trinajstić information content (AvgIpc) is 2.39. The third kappa shape index (κ3) is 5.10. The molecular weight excluding hydrogens is 312 g/mol. The molecule has 1 aromatic rings. The van der Waals surface area contributed by atoms with E-state index in [4.69, 9.17) is 18.9 Å². The fourth-order valence-corrected chi connectivity index (χ4v) is 2.09. The Morgan fingerprint density at radius 1 is 0.895 bits per heavy atom. The van der Waals surface area contributed by atoms with Crippen LogP contribution in [0.4, 0.5) is 0 Å². The number of rotatable bonds is 9. The van der Waals surface area contributed by atoms with E-state index in [2.05, 4.69) is 28.1 Å². The quantitative estimate of drug-likeness (QED) is 0.651. The zero-order chi connectivity index (χ0) is 14.1. The molecular formula is C14H21BrO4. The normalized spacial score (nSPS) is 10.7. The molecule has 0 spiro atoms. The third-order valence-corrected chi connectivity index (χ3v) is 2.86. The van der Waals surface area contributed by atoms with E-state index in [1.165, 1.54) is 0 Å². The van der Waals surface area contributed by atoms with Gasteiger partial charge in [0.2, 0.25) is 0 Å². The maximum atomic E-state index is 5.81. The highest BCUT2D eigenvalue weighted by Gasteiger charge is 2.12. The van der Waals surface area contributed by atoms with Crippen LogP contribution in [0.15, 0.2) is 12.1 Å². The molecule has 0 aliphatic heterocycles. The van der Waals surface area contributed by atoms with Crippen LogP contribution in [0.2, 0.25) is 0 Å². The molecule has 0 fully saturated rings. The van der Waals surface area contributed by atoms with Crippen LogP contribution in [-0.2, 0) is 34.0 Å². The van der Waals surface area contributed by atoms with E-state index >= 15 is 0 Å². The predicted molar refractivity (Wildman–Crippen MR) is 77.9 cm³/mol. The molecule has 0 saturated carbocycles. The van der Waals surface area contributed by atoms with Crippen molar-refractivity contribution in [3.05, 3.63) is 28.8 Å². The van der Waals surface area contributed by atoms with E-state index in [1.54, 1.807) is 21.3 Å². The van der Waals surface area contributed by atoms with Gasteiger partial charge in [0.1, 0.15) is 5.75 Å². The molecule has 0 aliphatic carbocycles. The molecule has 0 radical (unpaired) electrons. The lowest BCUT2D eigenvalue weighted by molar-refractivity contribution is 0.168. The summed E-state index contributed by atoms with van der Waals surface area (Å²) in [5, 5.41) is 0.783. The minimum atomic E-state index is 0.506. The summed E-state index contributed by atoms with van der Waals surface area (Å²) in [6.07, 6.45) is 0. The van der Waals surface area contributed by atoms with Gasteiger partial charge in [0, 0.05) is 37.8 Å². The Labute approximate surface area is 123 Å². The molecule has 0 aromatic heterocycles. The summed E-state index contributed by atoms with van der Waals surface area (Å²) >= 11 is 3.37. The molecule has 0 amide bonds. The first kappa shape index (κ1) is 16.4. The molecule has 0 atom stereocenters. The zero-order valence-electron chi connectivity index (χ0n) is 11.7. The molecule has 0 aliphatic rings. The molecule has 0 bridgehead atoms. The van der Waals surface area contributed by atoms with Gasteiger partial charge in [-0.25, -0.2) is 0 Å². The van der Waals surface area contributed by atoms with Crippen molar-refractivity contribution in [3.8, 4) is 5.75 Å². The topological polar surface area (TPSA) is 36.9 Å². The second-order valence-corrected chi connectivity index (χ2v) is 4.87. The highest BCUT2D eigenvalue weighted by molar-refractivity contribution is 9.09. The van der Waals surface area contributed by atoms with Crippen LogP contribution in [0.1, 0.15) is 16.7 Å². The Kier molecular flexibility index (Phi) is 8.05. The molecule has 0 N–H and O–H groups in total. The van der Waals surface area contributed by atoms with Crippen LogP contribution in [0.5, 0.6) is 5.75 Å². The lowest BCUT2D eigenvalue weighted by atomic mass is 10.0. The van der Waals surface area contributed by atoms with Gasteiger partial charge in [0.25, 0.3) is 0 Å². The first-order valence-corrected chi connectivity index (χ1v) is 7.19. The molecule has 5 heteroatoms. The van der Waals surface area contributed by atoms with Gasteiger partial charge in [0.05, 0.1) is 26.4 Å². The van der Waals surface area contributed by atoms with E-state index in [1.807, 2.05) is 0 Å². The SMILES string of the molecule is COCc1cc(COC)c(OCCBr)c(COC)c1. The molecule has 0 saturated heterocycles. The van der Waals surface area contributed by atoms with Crippen molar-refractivity contribution < 1.29 is 18.9 Å². The minimum Gasteiger partial charge on any atom is -0.492 e. The Morgan fingerprint density at radius 2 is 1.42 bits per heavy atom. The summed E-state index contributed by atoms with van der Waals surface area (Å²) in [6, 6.07) is 4.10. The van der Waals surface area contributed by atoms with Gasteiger partial charge in [0.15, 0.2) is 0 Å². The maximum absolute atomic E-state index is 5.81. The smallest absolute Gasteiger partial charge is 0.130 e. The number of alkyl halides is 1. The number of ether oxygens (including phenoxy) is 4. The van der Waals surface area contributed by atoms with Crippen molar-refractivity contribution >= 4 is 15.9 Å². The van der Waals surface area contributed by atoms with Gasteiger partial charge in [-0.15, -0.1) is 0 Å². The minimum absolute atomic E-state index is 0.506. The van der Waals surface area contributed by atoms with Gasteiger partial charge in [-0.2, -0.15) is 0 Å². The van der Waals surface area contributed by atoms with Crippen LogP contribution in [0, 0.1) is 0 Å². The monoisotopic (exact) mass is 332 g/mol. The number of hydrogen-bond donors (Lipinski definition) is 0. The fraction of sp³-hybridized carbons (Fsp3) is 0.571. The molecule has 19 heavy (non-hydrogen) atoms. The Balaban J connectivity index is 3.11. The van der Waals surface area contributed by atoms with Gasteiger partial charge >= 0.3 is 0 Å². The Hall–Kier alpha value is -0.620. The number of hydrogen-bond acceptors (Lipinski definition) is 4. The Bertz CT molecular complexity index is 355. The van der Waals surface area contributed by atoms with E-state index in [0.29, 0.717) is 26.4 Å². The van der Waals surface area contributed by atoms with Crippen molar-refractivity contribution in [1.29, 1.82) is 0 Å². The number of halogens is 1. The summed E-state index contributed by atoms with van der Waals surface area (Å²) in [5.41, 5.74) is 3.13. The largest absolute Gasteiger partial charge is 0.492 e. The first-order chi connectivity index (χ1) is 9.26. The van der Waals surface area contributed by atoms with Crippen LogP contribution >= 0.6 is 15.9 Å². The van der Waals surface area contributed by atoms with Crippen molar-refractivity contribution in [2.75, 3.05) is 33.3 Å². The Morgan fingerprint density at radius 3 is 1.84 bits per heavy atom. The van der Waals surface area contributed by atoms with Gasteiger partial charge in [-0.05, 0) is 17.7 Å². The van der Waals surface area contributed by atoms with Crippen LogP contribution in [0.3, 0.4) is 0 Å². The molecule has 4 nitrogen and oxygen atoms in total. The van der Waals surface area contributed by atoms with E-state index in [-0.39, 0.29) is 0 Å².